The van der Waals surface area contributed by atoms with E-state index >= 15 is 0 Å². The predicted molar refractivity (Wildman–Crippen MR) is 93.4 cm³/mol. The Balaban J connectivity index is 2.01. The van der Waals surface area contributed by atoms with Crippen LogP contribution in [0.25, 0.3) is 11.3 Å². The fourth-order valence-corrected chi connectivity index (χ4v) is 3.89. The molecule has 1 aromatic heterocycles. The first-order valence-electron chi connectivity index (χ1n) is 7.59. The molecule has 0 atom stereocenters. The zero-order chi connectivity index (χ0) is 18.2. The third kappa shape index (κ3) is 3.56. The molecule has 0 radical (unpaired) electrons. The molecule has 25 heavy (non-hydrogen) atoms. The number of aryl methyl sites for hydroxylation is 3. The molecule has 7 heteroatoms. The summed E-state index contributed by atoms with van der Waals surface area (Å²) < 4.78 is 46.5. The van der Waals surface area contributed by atoms with Gasteiger partial charge in [-0.2, -0.15) is 0 Å². The van der Waals surface area contributed by atoms with Crippen LogP contribution in [0, 0.1) is 26.6 Å². The van der Waals surface area contributed by atoms with Gasteiger partial charge in [-0.3, -0.25) is 4.72 Å². The van der Waals surface area contributed by atoms with Gasteiger partial charge < -0.3 is 4.52 Å². The van der Waals surface area contributed by atoms with E-state index in [1.165, 1.54) is 24.3 Å². The van der Waals surface area contributed by atoms with Crippen LogP contribution in [0.1, 0.15) is 16.8 Å². The van der Waals surface area contributed by atoms with Crippen LogP contribution in [0.2, 0.25) is 0 Å². The molecule has 0 spiro atoms. The van der Waals surface area contributed by atoms with E-state index in [-0.39, 0.29) is 4.90 Å². The van der Waals surface area contributed by atoms with Crippen LogP contribution in [-0.2, 0) is 10.0 Å². The Bertz CT molecular complexity index is 1040. The van der Waals surface area contributed by atoms with Crippen molar-refractivity contribution in [2.24, 2.45) is 0 Å². The molecule has 3 rings (SSSR count). The van der Waals surface area contributed by atoms with E-state index in [2.05, 4.69) is 9.88 Å². The van der Waals surface area contributed by atoms with Gasteiger partial charge in [0, 0.05) is 11.6 Å². The van der Waals surface area contributed by atoms with Crippen molar-refractivity contribution in [1.29, 1.82) is 0 Å². The first kappa shape index (κ1) is 17.2. The number of sulfonamides is 1. The maximum absolute atomic E-state index is 13.2. The minimum atomic E-state index is -3.84. The van der Waals surface area contributed by atoms with Crippen LogP contribution in [0.5, 0.6) is 0 Å². The van der Waals surface area contributed by atoms with Crippen molar-refractivity contribution in [3.8, 4) is 11.3 Å². The Morgan fingerprint density at radius 3 is 2.40 bits per heavy atom. The molecule has 0 saturated carbocycles. The second kappa shape index (κ2) is 6.33. The van der Waals surface area contributed by atoms with E-state index < -0.39 is 15.8 Å². The van der Waals surface area contributed by atoms with Gasteiger partial charge in [0.15, 0.2) is 5.76 Å². The number of anilines is 1. The second-order valence-corrected chi connectivity index (χ2v) is 7.53. The van der Waals surface area contributed by atoms with E-state index in [9.17, 15) is 12.8 Å². The minimum absolute atomic E-state index is 0.128. The van der Waals surface area contributed by atoms with Crippen LogP contribution in [0.4, 0.5) is 10.1 Å². The van der Waals surface area contributed by atoms with E-state index in [0.29, 0.717) is 33.8 Å². The zero-order valence-corrected chi connectivity index (χ0v) is 14.8. The summed E-state index contributed by atoms with van der Waals surface area (Å²) in [4.78, 5) is 0.128. The first-order valence-corrected chi connectivity index (χ1v) is 9.08. The van der Waals surface area contributed by atoms with Crippen LogP contribution in [0.3, 0.4) is 0 Å². The molecular weight excluding hydrogens is 343 g/mol. The molecule has 5 nitrogen and oxygen atoms in total. The van der Waals surface area contributed by atoms with Gasteiger partial charge in [-0.25, -0.2) is 12.8 Å². The predicted octanol–water partition coefficient (Wildman–Crippen LogP) is 4.21. The van der Waals surface area contributed by atoms with Crippen LogP contribution in [0.15, 0.2) is 51.9 Å². The third-order valence-electron chi connectivity index (χ3n) is 3.82. The highest BCUT2D eigenvalue weighted by molar-refractivity contribution is 7.92. The van der Waals surface area contributed by atoms with Crippen molar-refractivity contribution in [2.45, 2.75) is 25.7 Å². The maximum Gasteiger partial charge on any atom is 0.262 e. The molecule has 0 bridgehead atoms. The number of aromatic nitrogens is 1. The summed E-state index contributed by atoms with van der Waals surface area (Å²) in [7, 11) is -3.84. The van der Waals surface area contributed by atoms with Gasteiger partial charge in [0.2, 0.25) is 0 Å². The lowest BCUT2D eigenvalue weighted by atomic mass is 10.1. The Kier molecular flexibility index (Phi) is 4.34. The highest BCUT2D eigenvalue weighted by Gasteiger charge is 2.20. The molecule has 0 aliphatic heterocycles. The molecule has 0 aliphatic carbocycles. The Labute approximate surface area is 145 Å². The molecule has 1 heterocycles. The largest absolute Gasteiger partial charge is 0.356 e. The number of halogens is 1. The number of hydrogen-bond donors (Lipinski definition) is 1. The first-order chi connectivity index (χ1) is 11.8. The lowest BCUT2D eigenvalue weighted by molar-refractivity contribution is 0.427. The van der Waals surface area contributed by atoms with Crippen LogP contribution >= 0.6 is 0 Å². The molecule has 0 fully saturated rings. The second-order valence-electron chi connectivity index (χ2n) is 5.88. The monoisotopic (exact) mass is 360 g/mol. The van der Waals surface area contributed by atoms with Crippen molar-refractivity contribution in [2.75, 3.05) is 4.72 Å². The SMILES string of the molecule is Cc1cc(-c2ccc(C)c(S(=O)(=O)Nc3ccc(F)cc3C)c2)on1. The van der Waals surface area contributed by atoms with Crippen molar-refractivity contribution < 1.29 is 17.3 Å². The van der Waals surface area contributed by atoms with E-state index in [1.54, 1.807) is 39.0 Å². The summed E-state index contributed by atoms with van der Waals surface area (Å²) in [5.74, 6) is 0.0752. The Morgan fingerprint density at radius 2 is 1.76 bits per heavy atom. The maximum atomic E-state index is 13.2. The smallest absolute Gasteiger partial charge is 0.262 e. The van der Waals surface area contributed by atoms with Crippen LogP contribution < -0.4 is 4.72 Å². The molecule has 1 N–H and O–H groups in total. The summed E-state index contributed by atoms with van der Waals surface area (Å²) >= 11 is 0. The number of hydrogen-bond acceptors (Lipinski definition) is 4. The highest BCUT2D eigenvalue weighted by Crippen LogP contribution is 2.28. The lowest BCUT2D eigenvalue weighted by Gasteiger charge is -2.13. The minimum Gasteiger partial charge on any atom is -0.356 e. The van der Waals surface area contributed by atoms with Gasteiger partial charge in [0.1, 0.15) is 5.82 Å². The molecule has 2 aromatic carbocycles. The average molecular weight is 360 g/mol. The molecule has 0 aliphatic rings. The number of benzene rings is 2. The molecule has 130 valence electrons. The van der Waals surface area contributed by atoms with Gasteiger partial charge >= 0.3 is 0 Å². The number of nitrogens with zero attached hydrogens (tertiary/aromatic N) is 1. The lowest BCUT2D eigenvalue weighted by Crippen LogP contribution is -2.15. The van der Waals surface area contributed by atoms with Crippen molar-refractivity contribution >= 4 is 15.7 Å². The van der Waals surface area contributed by atoms with E-state index in [4.69, 9.17) is 4.52 Å². The number of nitrogens with one attached hydrogen (secondary N) is 1. The zero-order valence-electron chi connectivity index (χ0n) is 14.0. The highest BCUT2D eigenvalue weighted by atomic mass is 32.2. The third-order valence-corrected chi connectivity index (χ3v) is 5.33. The van der Waals surface area contributed by atoms with Crippen molar-refractivity contribution in [3.63, 3.8) is 0 Å². The Hall–Kier alpha value is -2.67. The fraction of sp³-hybridized carbons (Fsp3) is 0.167. The van der Waals surface area contributed by atoms with Crippen molar-refractivity contribution in [1.82, 2.24) is 5.16 Å². The summed E-state index contributed by atoms with van der Waals surface area (Å²) in [6.45, 7) is 5.14. The molecule has 0 saturated heterocycles. The number of rotatable bonds is 4. The van der Waals surface area contributed by atoms with E-state index in [0.717, 1.165) is 0 Å². The normalized spacial score (nSPS) is 11.5. The topological polar surface area (TPSA) is 72.2 Å². The molecule has 3 aromatic rings. The van der Waals surface area contributed by atoms with Gasteiger partial charge in [0.25, 0.3) is 10.0 Å². The summed E-state index contributed by atoms with van der Waals surface area (Å²) in [6.07, 6.45) is 0. The fourth-order valence-electron chi connectivity index (χ4n) is 2.48. The summed E-state index contributed by atoms with van der Waals surface area (Å²) in [5.41, 5.74) is 2.75. The van der Waals surface area contributed by atoms with Gasteiger partial charge in [0.05, 0.1) is 16.3 Å². The summed E-state index contributed by atoms with van der Waals surface area (Å²) in [6, 6.07) is 10.6. The average Bonchev–Trinajstić information content (AvgIpc) is 2.97. The van der Waals surface area contributed by atoms with Gasteiger partial charge in [-0.1, -0.05) is 17.3 Å². The summed E-state index contributed by atoms with van der Waals surface area (Å²) in [5, 5.41) is 3.82. The standard InChI is InChI=1S/C18H17FN2O3S/c1-11-4-5-14(17-9-13(3)20-24-17)10-18(11)25(22,23)21-16-7-6-15(19)8-12(16)2/h4-10,21H,1-3H3. The Morgan fingerprint density at radius 1 is 1.00 bits per heavy atom. The molecular formula is C18H17FN2O3S. The van der Waals surface area contributed by atoms with Crippen molar-refractivity contribution in [3.05, 3.63) is 65.1 Å². The quantitative estimate of drug-likeness (QED) is 0.757. The molecule has 0 unspecified atom stereocenters. The molecule has 0 amide bonds. The van der Waals surface area contributed by atoms with E-state index in [1.807, 2.05) is 0 Å². The van der Waals surface area contributed by atoms with Gasteiger partial charge in [-0.15, -0.1) is 0 Å². The van der Waals surface area contributed by atoms with Gasteiger partial charge in [-0.05, 0) is 56.2 Å². The van der Waals surface area contributed by atoms with Crippen LogP contribution in [-0.4, -0.2) is 13.6 Å².